The minimum absolute atomic E-state index is 0.0644. The molecule has 0 bridgehead atoms. The Morgan fingerprint density at radius 1 is 0.958 bits per heavy atom. The molecule has 24 heavy (non-hydrogen) atoms. The van der Waals surface area contributed by atoms with Crippen LogP contribution in [0.5, 0.6) is 5.75 Å². The van der Waals surface area contributed by atoms with Gasteiger partial charge in [-0.3, -0.25) is 4.79 Å². The highest BCUT2D eigenvalue weighted by molar-refractivity contribution is 5.77. The topological polar surface area (TPSA) is 32.8 Å². The summed E-state index contributed by atoms with van der Waals surface area (Å²) in [5.74, 6) is 1.03. The van der Waals surface area contributed by atoms with Gasteiger partial charge >= 0.3 is 0 Å². The molecule has 4 nitrogen and oxygen atoms in total. The second-order valence-corrected chi connectivity index (χ2v) is 6.19. The van der Waals surface area contributed by atoms with Gasteiger partial charge in [0, 0.05) is 26.1 Å². The zero-order valence-corrected chi connectivity index (χ0v) is 14.1. The van der Waals surface area contributed by atoms with Crippen LogP contribution >= 0.6 is 0 Å². The molecule has 1 amide bonds. The first-order valence-corrected chi connectivity index (χ1v) is 8.45. The lowest BCUT2D eigenvalue weighted by Crippen LogP contribution is -2.39. The molecular formula is C20H24N2O2. The summed E-state index contributed by atoms with van der Waals surface area (Å²) < 4.78 is 5.98. The van der Waals surface area contributed by atoms with E-state index in [9.17, 15) is 4.79 Å². The lowest BCUT2D eigenvalue weighted by Gasteiger charge is -2.31. The molecule has 1 aliphatic heterocycles. The van der Waals surface area contributed by atoms with E-state index in [1.165, 1.54) is 0 Å². The molecule has 0 radical (unpaired) electrons. The first-order valence-electron chi connectivity index (χ1n) is 8.45. The summed E-state index contributed by atoms with van der Waals surface area (Å²) in [6.45, 7) is 2.90. The number of hydrogen-bond acceptors (Lipinski definition) is 3. The Kier molecular flexibility index (Phi) is 5.49. The number of para-hydroxylation sites is 1. The fourth-order valence-corrected chi connectivity index (χ4v) is 3.01. The second kappa shape index (κ2) is 7.97. The lowest BCUT2D eigenvalue weighted by atomic mass is 10.1. The maximum Gasteiger partial charge on any atom is 0.224 e. The zero-order valence-electron chi connectivity index (χ0n) is 14.1. The predicted octanol–water partition coefficient (Wildman–Crippen LogP) is 2.97. The van der Waals surface area contributed by atoms with Crippen LogP contribution in [0.15, 0.2) is 60.7 Å². The molecule has 1 fully saturated rings. The van der Waals surface area contributed by atoms with Crippen LogP contribution in [-0.2, 0) is 4.79 Å². The summed E-state index contributed by atoms with van der Waals surface area (Å²) in [6.07, 6.45) is 0.561. The summed E-state index contributed by atoms with van der Waals surface area (Å²) >= 11 is 0. The average Bonchev–Trinajstić information content (AvgIpc) is 2.79. The zero-order chi connectivity index (χ0) is 16.8. The fraction of sp³-hybridized carbons (Fsp3) is 0.350. The fourth-order valence-electron chi connectivity index (χ4n) is 3.01. The van der Waals surface area contributed by atoms with Gasteiger partial charge in [0.25, 0.3) is 0 Å². The number of hydrogen-bond donors (Lipinski definition) is 0. The van der Waals surface area contributed by atoms with Crippen molar-refractivity contribution in [1.82, 2.24) is 9.80 Å². The number of ether oxygens (including phenoxy) is 1. The van der Waals surface area contributed by atoms with Crippen molar-refractivity contribution in [2.75, 3.05) is 33.3 Å². The van der Waals surface area contributed by atoms with E-state index >= 15 is 0 Å². The molecule has 0 saturated carbocycles. The van der Waals surface area contributed by atoms with E-state index in [0.717, 1.165) is 30.9 Å². The molecule has 0 aromatic heterocycles. The van der Waals surface area contributed by atoms with E-state index in [-0.39, 0.29) is 11.9 Å². The molecule has 2 aromatic carbocycles. The summed E-state index contributed by atoms with van der Waals surface area (Å²) in [5, 5.41) is 0. The number of carbonyl (C=O) groups is 1. The maximum absolute atomic E-state index is 12.6. The average molecular weight is 324 g/mol. The number of benzene rings is 2. The quantitative estimate of drug-likeness (QED) is 0.848. The standard InChI is InChI=1S/C20H24N2O2/c1-21-13-12-20(23)22(15-14-21)19(17-8-4-2-5-9-17)16-24-18-10-6-3-7-11-18/h2-11,19H,12-16H2,1H3/t19-/m1/s1. The smallest absolute Gasteiger partial charge is 0.224 e. The van der Waals surface area contributed by atoms with Crippen LogP contribution < -0.4 is 4.74 Å². The van der Waals surface area contributed by atoms with Crippen molar-refractivity contribution in [3.8, 4) is 5.75 Å². The highest BCUT2D eigenvalue weighted by atomic mass is 16.5. The van der Waals surface area contributed by atoms with Crippen LogP contribution in [0.4, 0.5) is 0 Å². The Bertz CT molecular complexity index is 645. The van der Waals surface area contributed by atoms with E-state index < -0.39 is 0 Å². The Morgan fingerprint density at radius 3 is 2.33 bits per heavy atom. The van der Waals surface area contributed by atoms with Gasteiger partial charge in [-0.15, -0.1) is 0 Å². The van der Waals surface area contributed by atoms with Crippen LogP contribution in [0.2, 0.25) is 0 Å². The van der Waals surface area contributed by atoms with E-state index in [1.54, 1.807) is 0 Å². The van der Waals surface area contributed by atoms with E-state index in [0.29, 0.717) is 13.0 Å². The summed E-state index contributed by atoms with van der Waals surface area (Å²) in [4.78, 5) is 16.8. The van der Waals surface area contributed by atoms with Gasteiger partial charge in [-0.25, -0.2) is 0 Å². The van der Waals surface area contributed by atoms with Crippen molar-refractivity contribution in [2.24, 2.45) is 0 Å². The van der Waals surface area contributed by atoms with E-state index in [4.69, 9.17) is 4.74 Å². The molecule has 0 spiro atoms. The minimum Gasteiger partial charge on any atom is -0.491 e. The number of carbonyl (C=O) groups excluding carboxylic acids is 1. The summed E-state index contributed by atoms with van der Waals surface area (Å²) in [7, 11) is 2.06. The van der Waals surface area contributed by atoms with Crippen molar-refractivity contribution < 1.29 is 9.53 Å². The third kappa shape index (κ3) is 4.15. The number of nitrogens with zero attached hydrogens (tertiary/aromatic N) is 2. The Balaban J connectivity index is 1.80. The molecule has 3 rings (SSSR count). The van der Waals surface area contributed by atoms with Crippen LogP contribution in [0, 0.1) is 0 Å². The van der Waals surface area contributed by atoms with Crippen molar-refractivity contribution >= 4 is 5.91 Å². The number of likely N-dealkylation sites (N-methyl/N-ethyl adjacent to an activating group) is 1. The lowest BCUT2D eigenvalue weighted by molar-refractivity contribution is -0.133. The van der Waals surface area contributed by atoms with E-state index in [1.807, 2.05) is 53.4 Å². The van der Waals surface area contributed by atoms with Crippen LogP contribution in [-0.4, -0.2) is 49.0 Å². The van der Waals surface area contributed by atoms with Gasteiger partial charge in [-0.2, -0.15) is 0 Å². The Labute approximate surface area is 143 Å². The molecule has 1 heterocycles. The van der Waals surface area contributed by atoms with Gasteiger partial charge in [0.05, 0.1) is 6.04 Å². The maximum atomic E-state index is 12.6. The summed E-state index contributed by atoms with van der Waals surface area (Å²) in [6, 6.07) is 19.9. The molecule has 4 heteroatoms. The largest absolute Gasteiger partial charge is 0.491 e. The molecule has 0 unspecified atom stereocenters. The normalized spacial score (nSPS) is 17.4. The van der Waals surface area contributed by atoms with Gasteiger partial charge in [0.15, 0.2) is 0 Å². The molecule has 1 saturated heterocycles. The van der Waals surface area contributed by atoms with Gasteiger partial charge in [-0.1, -0.05) is 48.5 Å². The van der Waals surface area contributed by atoms with Gasteiger partial charge in [0.1, 0.15) is 12.4 Å². The van der Waals surface area contributed by atoms with Crippen molar-refractivity contribution in [3.63, 3.8) is 0 Å². The van der Waals surface area contributed by atoms with E-state index in [2.05, 4.69) is 24.1 Å². The SMILES string of the molecule is CN1CCC(=O)N([C@H](COc2ccccc2)c2ccccc2)CC1. The van der Waals surface area contributed by atoms with Gasteiger partial charge < -0.3 is 14.5 Å². The van der Waals surface area contributed by atoms with Crippen molar-refractivity contribution in [1.29, 1.82) is 0 Å². The van der Waals surface area contributed by atoms with Crippen LogP contribution in [0.25, 0.3) is 0 Å². The Hall–Kier alpha value is -2.33. The number of rotatable bonds is 5. The predicted molar refractivity (Wildman–Crippen MR) is 94.9 cm³/mol. The Morgan fingerprint density at radius 2 is 1.62 bits per heavy atom. The summed E-state index contributed by atoms with van der Waals surface area (Å²) in [5.41, 5.74) is 1.12. The third-order valence-corrected chi connectivity index (χ3v) is 4.46. The molecule has 1 aliphatic rings. The monoisotopic (exact) mass is 324 g/mol. The molecule has 0 aliphatic carbocycles. The van der Waals surface area contributed by atoms with Gasteiger partial charge in [0.2, 0.25) is 5.91 Å². The first-order chi connectivity index (χ1) is 11.7. The van der Waals surface area contributed by atoms with Crippen LogP contribution in [0.3, 0.4) is 0 Å². The van der Waals surface area contributed by atoms with Crippen molar-refractivity contribution in [3.05, 3.63) is 66.2 Å². The second-order valence-electron chi connectivity index (χ2n) is 6.19. The first kappa shape index (κ1) is 16.5. The van der Waals surface area contributed by atoms with Crippen molar-refractivity contribution in [2.45, 2.75) is 12.5 Å². The highest BCUT2D eigenvalue weighted by Crippen LogP contribution is 2.24. The molecule has 0 N–H and O–H groups in total. The molecule has 1 atom stereocenters. The van der Waals surface area contributed by atoms with Gasteiger partial charge in [-0.05, 0) is 24.7 Å². The minimum atomic E-state index is -0.0644. The molecular weight excluding hydrogens is 300 g/mol. The number of amides is 1. The third-order valence-electron chi connectivity index (χ3n) is 4.46. The highest BCUT2D eigenvalue weighted by Gasteiger charge is 2.28. The molecule has 2 aromatic rings. The van der Waals surface area contributed by atoms with Crippen LogP contribution in [0.1, 0.15) is 18.0 Å². The molecule has 126 valence electrons.